The van der Waals surface area contributed by atoms with E-state index in [1.807, 2.05) is 0 Å². The summed E-state index contributed by atoms with van der Waals surface area (Å²) in [6.45, 7) is 3.56. The van der Waals surface area contributed by atoms with Crippen molar-refractivity contribution in [1.82, 2.24) is 9.55 Å². The molecular formula is C17H13F3N2O2. The number of halogens is 3. The maximum Gasteiger partial charge on any atom is 0.372 e. The van der Waals surface area contributed by atoms with E-state index in [-0.39, 0.29) is 28.5 Å². The van der Waals surface area contributed by atoms with Crippen LogP contribution in [0.5, 0.6) is 0 Å². The molecular weight excluding hydrogens is 321 g/mol. The SMILES string of the molecule is CC(C)n1c(C(=O)O)nc2c(-c3cc(F)cc(F)c3F)cccc21. The van der Waals surface area contributed by atoms with Crippen molar-refractivity contribution in [2.24, 2.45) is 0 Å². The summed E-state index contributed by atoms with van der Waals surface area (Å²) in [6.07, 6.45) is 0. The number of aromatic carboxylic acids is 1. The van der Waals surface area contributed by atoms with E-state index in [9.17, 15) is 23.1 Å². The number of carboxylic acid groups (broad SMARTS) is 1. The highest BCUT2D eigenvalue weighted by molar-refractivity contribution is 5.97. The van der Waals surface area contributed by atoms with E-state index in [1.54, 1.807) is 26.0 Å². The van der Waals surface area contributed by atoms with Crippen LogP contribution in [0, 0.1) is 17.5 Å². The second kappa shape index (κ2) is 5.67. The molecule has 0 amide bonds. The van der Waals surface area contributed by atoms with Gasteiger partial charge in [0, 0.05) is 23.2 Å². The number of nitrogens with zero attached hydrogens (tertiary/aromatic N) is 2. The Bertz CT molecular complexity index is 964. The van der Waals surface area contributed by atoms with Crippen LogP contribution in [0.4, 0.5) is 13.2 Å². The summed E-state index contributed by atoms with van der Waals surface area (Å²) in [6, 6.07) is 5.74. The molecule has 0 radical (unpaired) electrons. The molecule has 0 saturated heterocycles. The first-order chi connectivity index (χ1) is 11.3. The van der Waals surface area contributed by atoms with E-state index in [2.05, 4.69) is 4.98 Å². The molecule has 0 aliphatic carbocycles. The minimum atomic E-state index is -1.32. The minimum absolute atomic E-state index is 0.130. The number of aromatic nitrogens is 2. The predicted octanol–water partition coefficient (Wildman–Crippen LogP) is 4.40. The first-order valence-corrected chi connectivity index (χ1v) is 7.20. The Balaban J connectivity index is 2.40. The maximum absolute atomic E-state index is 14.1. The third-order valence-corrected chi connectivity index (χ3v) is 3.71. The largest absolute Gasteiger partial charge is 0.475 e. The number of hydrogen-bond donors (Lipinski definition) is 1. The van der Waals surface area contributed by atoms with Crippen molar-refractivity contribution in [3.8, 4) is 11.1 Å². The quantitative estimate of drug-likeness (QED) is 0.722. The molecule has 0 saturated carbocycles. The van der Waals surface area contributed by atoms with Crippen molar-refractivity contribution >= 4 is 17.0 Å². The van der Waals surface area contributed by atoms with Gasteiger partial charge in [0.15, 0.2) is 11.6 Å². The molecule has 24 heavy (non-hydrogen) atoms. The molecule has 4 nitrogen and oxygen atoms in total. The van der Waals surface area contributed by atoms with Gasteiger partial charge in [0.2, 0.25) is 5.82 Å². The van der Waals surface area contributed by atoms with Gasteiger partial charge in [-0.15, -0.1) is 0 Å². The van der Waals surface area contributed by atoms with E-state index >= 15 is 0 Å². The van der Waals surface area contributed by atoms with Crippen LogP contribution in [0.3, 0.4) is 0 Å². The first kappa shape index (κ1) is 16.0. The van der Waals surface area contributed by atoms with Crippen molar-refractivity contribution in [2.75, 3.05) is 0 Å². The van der Waals surface area contributed by atoms with Crippen molar-refractivity contribution in [1.29, 1.82) is 0 Å². The van der Waals surface area contributed by atoms with Crippen LogP contribution in [-0.2, 0) is 0 Å². The van der Waals surface area contributed by atoms with Crippen LogP contribution in [0.25, 0.3) is 22.2 Å². The molecule has 3 aromatic rings. The van der Waals surface area contributed by atoms with Crippen LogP contribution in [-0.4, -0.2) is 20.6 Å². The molecule has 0 atom stereocenters. The Morgan fingerprint density at radius 3 is 2.50 bits per heavy atom. The molecule has 3 rings (SSSR count). The summed E-state index contributed by atoms with van der Waals surface area (Å²) >= 11 is 0. The Labute approximate surface area is 135 Å². The highest BCUT2D eigenvalue weighted by atomic mass is 19.2. The van der Waals surface area contributed by atoms with Crippen LogP contribution in [0.15, 0.2) is 30.3 Å². The van der Waals surface area contributed by atoms with Crippen LogP contribution >= 0.6 is 0 Å². The first-order valence-electron chi connectivity index (χ1n) is 7.20. The van der Waals surface area contributed by atoms with E-state index in [0.717, 1.165) is 6.07 Å². The summed E-state index contributed by atoms with van der Waals surface area (Å²) in [5.74, 6) is -4.91. The summed E-state index contributed by atoms with van der Waals surface area (Å²) in [5.41, 5.74) is 0.449. The van der Waals surface area contributed by atoms with Gasteiger partial charge in [-0.1, -0.05) is 12.1 Å². The summed E-state index contributed by atoms with van der Waals surface area (Å²) in [7, 11) is 0. The molecule has 7 heteroatoms. The zero-order valence-corrected chi connectivity index (χ0v) is 12.8. The van der Waals surface area contributed by atoms with Crippen molar-refractivity contribution in [3.63, 3.8) is 0 Å². The average molecular weight is 334 g/mol. The van der Waals surface area contributed by atoms with E-state index in [4.69, 9.17) is 0 Å². The maximum atomic E-state index is 14.1. The smallest absolute Gasteiger partial charge is 0.372 e. The van der Waals surface area contributed by atoms with Gasteiger partial charge in [-0.05, 0) is 26.0 Å². The lowest BCUT2D eigenvalue weighted by atomic mass is 10.0. The van der Waals surface area contributed by atoms with Gasteiger partial charge in [-0.2, -0.15) is 0 Å². The summed E-state index contributed by atoms with van der Waals surface area (Å²) < 4.78 is 42.6. The second-order valence-corrected chi connectivity index (χ2v) is 5.63. The summed E-state index contributed by atoms with van der Waals surface area (Å²) in [4.78, 5) is 15.5. The van der Waals surface area contributed by atoms with Gasteiger partial charge in [-0.25, -0.2) is 22.9 Å². The standard InChI is InChI=1S/C17H13F3N2O2/c1-8(2)22-13-5-3-4-10(15(13)21-16(22)17(23)24)11-6-9(18)7-12(19)14(11)20/h3-8H,1-2H3,(H,23,24). The van der Waals surface area contributed by atoms with E-state index < -0.39 is 23.4 Å². The molecule has 1 N–H and O–H groups in total. The zero-order chi connectivity index (χ0) is 17.6. The highest BCUT2D eigenvalue weighted by Crippen LogP contribution is 2.33. The van der Waals surface area contributed by atoms with Crippen LogP contribution < -0.4 is 0 Å². The zero-order valence-electron chi connectivity index (χ0n) is 12.8. The van der Waals surface area contributed by atoms with Gasteiger partial charge < -0.3 is 9.67 Å². The van der Waals surface area contributed by atoms with Gasteiger partial charge in [-0.3, -0.25) is 0 Å². The molecule has 1 heterocycles. The Hall–Kier alpha value is -2.83. The van der Waals surface area contributed by atoms with Gasteiger partial charge >= 0.3 is 5.97 Å². The third-order valence-electron chi connectivity index (χ3n) is 3.71. The molecule has 2 aromatic carbocycles. The molecule has 1 aromatic heterocycles. The second-order valence-electron chi connectivity index (χ2n) is 5.63. The summed E-state index contributed by atoms with van der Waals surface area (Å²) in [5, 5.41) is 9.34. The minimum Gasteiger partial charge on any atom is -0.475 e. The number of imidazole rings is 1. The average Bonchev–Trinajstić information content (AvgIpc) is 2.90. The molecule has 0 spiro atoms. The van der Waals surface area contributed by atoms with Crippen molar-refractivity contribution < 1.29 is 23.1 Å². The van der Waals surface area contributed by atoms with E-state index in [0.29, 0.717) is 11.6 Å². The molecule has 0 unspecified atom stereocenters. The number of hydrogen-bond acceptors (Lipinski definition) is 2. The van der Waals surface area contributed by atoms with Gasteiger partial charge in [0.25, 0.3) is 0 Å². The molecule has 124 valence electrons. The fourth-order valence-corrected chi connectivity index (χ4v) is 2.76. The topological polar surface area (TPSA) is 55.1 Å². The molecule has 0 aliphatic rings. The lowest BCUT2D eigenvalue weighted by Gasteiger charge is -2.11. The predicted molar refractivity (Wildman–Crippen MR) is 82.4 cm³/mol. The van der Waals surface area contributed by atoms with E-state index in [1.165, 1.54) is 10.6 Å². The lowest BCUT2D eigenvalue weighted by Crippen LogP contribution is -2.11. The highest BCUT2D eigenvalue weighted by Gasteiger charge is 2.22. The van der Waals surface area contributed by atoms with Crippen LogP contribution in [0.2, 0.25) is 0 Å². The monoisotopic (exact) mass is 334 g/mol. The van der Waals surface area contributed by atoms with Gasteiger partial charge in [0.05, 0.1) is 11.0 Å². The number of carboxylic acids is 1. The van der Waals surface area contributed by atoms with Crippen LogP contribution in [0.1, 0.15) is 30.5 Å². The third kappa shape index (κ3) is 2.42. The number of benzene rings is 2. The number of fused-ring (bicyclic) bond motifs is 1. The number of rotatable bonds is 3. The molecule has 0 aliphatic heterocycles. The Kier molecular flexibility index (Phi) is 3.79. The van der Waals surface area contributed by atoms with Crippen molar-refractivity contribution in [3.05, 3.63) is 53.6 Å². The Morgan fingerprint density at radius 2 is 1.88 bits per heavy atom. The fourth-order valence-electron chi connectivity index (χ4n) is 2.76. The number of carbonyl (C=O) groups is 1. The molecule has 0 bridgehead atoms. The van der Waals surface area contributed by atoms with Crippen molar-refractivity contribution in [2.45, 2.75) is 19.9 Å². The lowest BCUT2D eigenvalue weighted by molar-refractivity contribution is 0.0677. The number of para-hydroxylation sites is 1. The Morgan fingerprint density at radius 1 is 1.17 bits per heavy atom. The van der Waals surface area contributed by atoms with Gasteiger partial charge in [0.1, 0.15) is 5.82 Å². The normalized spacial score (nSPS) is 11.4. The fraction of sp³-hybridized carbons (Fsp3) is 0.176. The molecule has 0 fully saturated rings.